The van der Waals surface area contributed by atoms with Crippen LogP contribution < -0.4 is 11.1 Å². The molecular weight excluding hydrogens is 445 g/mol. The normalized spacial score (nSPS) is 17.3. The van der Waals surface area contributed by atoms with Gasteiger partial charge in [0.15, 0.2) is 0 Å². The molecule has 1 aliphatic rings. The Balaban J connectivity index is 1.96. The molecule has 34 heavy (non-hydrogen) atoms. The second-order valence-electron chi connectivity index (χ2n) is 8.33. The number of nitrogens with one attached hydrogen (secondary N) is 1. The lowest BCUT2D eigenvalue weighted by Gasteiger charge is -2.32. The molecule has 1 aromatic carbocycles. The molecule has 1 fully saturated rings. The molecule has 3 N–H and O–H groups in total. The maximum atomic E-state index is 13.7. The molecule has 0 bridgehead atoms. The van der Waals surface area contributed by atoms with Crippen LogP contribution in [0.25, 0.3) is 5.57 Å². The number of anilines is 2. The summed E-state index contributed by atoms with van der Waals surface area (Å²) in [7, 11) is 0. The first-order valence-corrected chi connectivity index (χ1v) is 11.2. The standard InChI is InChI=1S/C24H29F3N6O/c1-3-22(34)33-9-5-6-16(14-33)23-31-20(17(12-28)13-29-15-24(2,26)27)11-21(32-23)30-19-8-4-7-18(25)10-19/h4,7-8,10-13,16H,3,5-6,9,14-15,28H2,1-2H3,(H,30,31,32)/b17-12+,29-13?. The molecule has 182 valence electrons. The van der Waals surface area contributed by atoms with Gasteiger partial charge in [-0.05, 0) is 31.0 Å². The van der Waals surface area contributed by atoms with Crippen LogP contribution in [0.1, 0.15) is 50.5 Å². The molecule has 0 spiro atoms. The maximum absolute atomic E-state index is 13.7. The van der Waals surface area contributed by atoms with Crippen molar-refractivity contribution in [1.82, 2.24) is 14.9 Å². The summed E-state index contributed by atoms with van der Waals surface area (Å²) in [4.78, 5) is 27.1. The van der Waals surface area contributed by atoms with E-state index in [0.29, 0.717) is 48.1 Å². The summed E-state index contributed by atoms with van der Waals surface area (Å²) in [6.45, 7) is 3.08. The number of piperidine rings is 1. The quantitative estimate of drug-likeness (QED) is 0.549. The SMILES string of the molecule is CCC(=O)N1CCCC(c2nc(Nc3cccc(F)c3)cc(/C(C=NCC(C)(F)F)=C/N)n2)C1. The van der Waals surface area contributed by atoms with Crippen LogP contribution in [0.5, 0.6) is 0 Å². The molecule has 1 amide bonds. The first-order chi connectivity index (χ1) is 16.2. The minimum atomic E-state index is -2.95. The number of nitrogens with two attached hydrogens (primary N) is 1. The van der Waals surface area contributed by atoms with Crippen LogP contribution in [0.2, 0.25) is 0 Å². The highest BCUT2D eigenvalue weighted by Crippen LogP contribution is 2.28. The highest BCUT2D eigenvalue weighted by molar-refractivity contribution is 6.09. The molecule has 2 aromatic rings. The number of hydrogen-bond acceptors (Lipinski definition) is 6. The number of hydrogen-bond donors (Lipinski definition) is 2. The molecule has 3 rings (SSSR count). The molecule has 1 aliphatic heterocycles. The molecule has 1 atom stereocenters. The highest BCUT2D eigenvalue weighted by atomic mass is 19.3. The van der Waals surface area contributed by atoms with Crippen LogP contribution >= 0.6 is 0 Å². The fourth-order valence-electron chi connectivity index (χ4n) is 3.71. The summed E-state index contributed by atoms with van der Waals surface area (Å²) in [6.07, 6.45) is 4.50. The van der Waals surface area contributed by atoms with Crippen molar-refractivity contribution in [1.29, 1.82) is 0 Å². The van der Waals surface area contributed by atoms with Crippen molar-refractivity contribution < 1.29 is 18.0 Å². The van der Waals surface area contributed by atoms with E-state index in [0.717, 1.165) is 19.8 Å². The van der Waals surface area contributed by atoms with Crippen molar-refractivity contribution in [2.75, 3.05) is 25.0 Å². The predicted octanol–water partition coefficient (Wildman–Crippen LogP) is 4.50. The molecule has 1 unspecified atom stereocenters. The van der Waals surface area contributed by atoms with E-state index in [2.05, 4.69) is 20.3 Å². The van der Waals surface area contributed by atoms with E-state index >= 15 is 0 Å². The number of halogens is 3. The van der Waals surface area contributed by atoms with Crippen molar-refractivity contribution in [3.63, 3.8) is 0 Å². The lowest BCUT2D eigenvalue weighted by Crippen LogP contribution is -2.39. The Hall–Kier alpha value is -3.43. The zero-order valence-corrected chi connectivity index (χ0v) is 19.3. The van der Waals surface area contributed by atoms with Crippen LogP contribution in [0.3, 0.4) is 0 Å². The van der Waals surface area contributed by atoms with E-state index in [1.165, 1.54) is 24.5 Å². The first-order valence-electron chi connectivity index (χ1n) is 11.2. The van der Waals surface area contributed by atoms with Crippen LogP contribution in [0, 0.1) is 5.82 Å². The number of aliphatic imine (C=N–C) groups is 1. The fourth-order valence-corrected chi connectivity index (χ4v) is 3.71. The molecule has 0 aliphatic carbocycles. The number of likely N-dealkylation sites (tertiary alicyclic amines) is 1. The zero-order chi connectivity index (χ0) is 24.7. The number of amides is 1. The highest BCUT2D eigenvalue weighted by Gasteiger charge is 2.27. The molecule has 2 heterocycles. The summed E-state index contributed by atoms with van der Waals surface area (Å²) in [5, 5.41) is 3.06. The smallest absolute Gasteiger partial charge is 0.264 e. The van der Waals surface area contributed by atoms with Gasteiger partial charge in [-0.15, -0.1) is 0 Å². The number of rotatable bonds is 8. The van der Waals surface area contributed by atoms with Gasteiger partial charge in [0.1, 0.15) is 24.0 Å². The second-order valence-corrected chi connectivity index (χ2v) is 8.33. The summed E-state index contributed by atoms with van der Waals surface area (Å²) < 4.78 is 40.1. The van der Waals surface area contributed by atoms with Gasteiger partial charge in [0.2, 0.25) is 5.91 Å². The third kappa shape index (κ3) is 7.03. The Morgan fingerprint density at radius 1 is 1.35 bits per heavy atom. The first kappa shape index (κ1) is 25.2. The average Bonchev–Trinajstić information content (AvgIpc) is 2.80. The third-order valence-electron chi connectivity index (χ3n) is 5.36. The van der Waals surface area contributed by atoms with Gasteiger partial charge in [0, 0.05) is 62.1 Å². The summed E-state index contributed by atoms with van der Waals surface area (Å²) >= 11 is 0. The summed E-state index contributed by atoms with van der Waals surface area (Å²) in [6, 6.07) is 7.52. The zero-order valence-electron chi connectivity index (χ0n) is 19.3. The topological polar surface area (TPSA) is 96.5 Å². The van der Waals surface area contributed by atoms with Crippen molar-refractivity contribution in [3.8, 4) is 0 Å². The van der Waals surface area contributed by atoms with Crippen molar-refractivity contribution in [3.05, 3.63) is 53.9 Å². The number of aromatic nitrogens is 2. The molecule has 0 radical (unpaired) electrons. The third-order valence-corrected chi connectivity index (χ3v) is 5.36. The van der Waals surface area contributed by atoms with Crippen LogP contribution in [-0.2, 0) is 4.79 Å². The van der Waals surface area contributed by atoms with Gasteiger partial charge in [0.05, 0.1) is 5.69 Å². The van der Waals surface area contributed by atoms with Gasteiger partial charge in [-0.1, -0.05) is 13.0 Å². The number of alkyl halides is 2. The lowest BCUT2D eigenvalue weighted by molar-refractivity contribution is -0.132. The Morgan fingerprint density at radius 3 is 2.82 bits per heavy atom. The van der Waals surface area contributed by atoms with E-state index in [1.807, 2.05) is 6.92 Å². The summed E-state index contributed by atoms with van der Waals surface area (Å²) in [5.41, 5.74) is 6.97. The van der Waals surface area contributed by atoms with Crippen LogP contribution in [0.4, 0.5) is 24.7 Å². The molecule has 1 aromatic heterocycles. The summed E-state index contributed by atoms with van der Waals surface area (Å²) in [5.74, 6) is -2.54. The molecule has 1 saturated heterocycles. The van der Waals surface area contributed by atoms with Gasteiger partial charge >= 0.3 is 0 Å². The lowest BCUT2D eigenvalue weighted by atomic mass is 9.96. The number of nitrogens with zero attached hydrogens (tertiary/aromatic N) is 4. The van der Waals surface area contributed by atoms with Gasteiger partial charge in [0.25, 0.3) is 5.92 Å². The average molecular weight is 475 g/mol. The number of carbonyl (C=O) groups is 1. The number of benzene rings is 1. The van der Waals surface area contributed by atoms with Gasteiger partial charge in [-0.25, -0.2) is 23.1 Å². The predicted molar refractivity (Wildman–Crippen MR) is 127 cm³/mol. The van der Waals surface area contributed by atoms with E-state index in [9.17, 15) is 18.0 Å². The van der Waals surface area contributed by atoms with E-state index < -0.39 is 18.3 Å². The largest absolute Gasteiger partial charge is 0.404 e. The Bertz CT molecular complexity index is 1070. The molecular formula is C24H29F3N6O. The molecule has 7 nitrogen and oxygen atoms in total. The molecule has 0 saturated carbocycles. The van der Waals surface area contributed by atoms with Gasteiger partial charge in [-0.2, -0.15) is 0 Å². The Labute approximate surface area is 197 Å². The minimum Gasteiger partial charge on any atom is -0.404 e. The van der Waals surface area contributed by atoms with Gasteiger partial charge < -0.3 is 16.0 Å². The minimum absolute atomic E-state index is 0.0640. The van der Waals surface area contributed by atoms with Crippen LogP contribution in [-0.4, -0.2) is 52.5 Å². The van der Waals surface area contributed by atoms with Gasteiger partial charge in [-0.3, -0.25) is 9.79 Å². The van der Waals surface area contributed by atoms with E-state index in [1.54, 1.807) is 23.1 Å². The Morgan fingerprint density at radius 2 is 2.15 bits per heavy atom. The number of carbonyl (C=O) groups excluding carboxylic acids is 1. The maximum Gasteiger partial charge on any atom is 0.264 e. The van der Waals surface area contributed by atoms with Crippen molar-refractivity contribution in [2.24, 2.45) is 10.7 Å². The monoisotopic (exact) mass is 474 g/mol. The van der Waals surface area contributed by atoms with Crippen LogP contribution in [0.15, 0.2) is 41.5 Å². The second kappa shape index (κ2) is 11.1. The van der Waals surface area contributed by atoms with E-state index in [4.69, 9.17) is 5.73 Å². The fraction of sp³-hybridized carbons (Fsp3) is 0.417. The molecule has 10 heteroatoms. The van der Waals surface area contributed by atoms with Crippen molar-refractivity contribution in [2.45, 2.75) is 45.0 Å². The number of allylic oxidation sites excluding steroid dienone is 1. The van der Waals surface area contributed by atoms with Crippen molar-refractivity contribution >= 4 is 29.2 Å². The Kier molecular flexibility index (Phi) is 8.25. The van der Waals surface area contributed by atoms with E-state index in [-0.39, 0.29) is 11.8 Å².